The molecule has 0 N–H and O–H groups in total. The topological polar surface area (TPSA) is 49.9 Å². The van der Waals surface area contributed by atoms with Gasteiger partial charge in [-0.05, 0) is 30.2 Å². The first-order valence-electron chi connectivity index (χ1n) is 10.3. The molecule has 11 heteroatoms. The molecule has 0 spiro atoms. The van der Waals surface area contributed by atoms with Crippen molar-refractivity contribution < 1.29 is 35.1 Å². The molecule has 1 aliphatic heterocycles. The van der Waals surface area contributed by atoms with E-state index in [-0.39, 0.29) is 37.8 Å². The number of hydrogen-bond acceptors (Lipinski definition) is 4. The van der Waals surface area contributed by atoms with Crippen molar-refractivity contribution in [1.29, 1.82) is 0 Å². The van der Waals surface area contributed by atoms with Crippen LogP contribution in [0.5, 0.6) is 0 Å². The Labute approximate surface area is 189 Å². The summed E-state index contributed by atoms with van der Waals surface area (Å²) in [5.74, 6) is -1.72. The van der Waals surface area contributed by atoms with Crippen LogP contribution in [0, 0.1) is 11.6 Å². The maximum atomic E-state index is 14.5. The first kappa shape index (κ1) is 25.5. The molecule has 0 radical (unpaired) electrons. The molecule has 1 saturated heterocycles. The van der Waals surface area contributed by atoms with Gasteiger partial charge in [-0.3, -0.25) is 4.90 Å². The zero-order chi connectivity index (χ0) is 24.2. The number of halogens is 5. The Morgan fingerprint density at radius 3 is 2.33 bits per heavy atom. The average Bonchev–Trinajstić information content (AvgIpc) is 2.67. The molecular formula is C22H25F5N2O3S. The van der Waals surface area contributed by atoms with E-state index in [1.807, 2.05) is 0 Å². The quantitative estimate of drug-likeness (QED) is 0.371. The highest BCUT2D eigenvalue weighted by molar-refractivity contribution is 7.88. The smallest absolute Gasteiger partial charge is 0.375 e. The average molecular weight is 493 g/mol. The number of hydrogen-bond donors (Lipinski definition) is 0. The summed E-state index contributed by atoms with van der Waals surface area (Å²) in [5, 5.41) is 0. The van der Waals surface area contributed by atoms with E-state index in [0.717, 1.165) is 11.8 Å². The van der Waals surface area contributed by atoms with E-state index in [0.29, 0.717) is 25.6 Å². The Hall–Kier alpha value is -2.08. The van der Waals surface area contributed by atoms with Crippen molar-refractivity contribution in [3.63, 3.8) is 0 Å². The molecule has 0 aromatic heterocycles. The largest absolute Gasteiger partial charge is 0.419 e. The lowest BCUT2D eigenvalue weighted by atomic mass is 10.1. The summed E-state index contributed by atoms with van der Waals surface area (Å²) < 4.78 is 96.7. The van der Waals surface area contributed by atoms with Crippen LogP contribution in [0.15, 0.2) is 42.5 Å². The van der Waals surface area contributed by atoms with Gasteiger partial charge in [0.1, 0.15) is 11.6 Å². The van der Waals surface area contributed by atoms with E-state index in [9.17, 15) is 30.4 Å². The lowest BCUT2D eigenvalue weighted by Crippen LogP contribution is -2.54. The minimum absolute atomic E-state index is 0.0710. The SMILES string of the molecule is CS(=O)(=O)N1CC(OCCCN(Cc2ccc(F)cc2)Cc2cccc(C(F)(F)F)c2F)C1. The third-order valence-corrected chi connectivity index (χ3v) is 6.59. The van der Waals surface area contributed by atoms with Crippen LogP contribution in [-0.4, -0.2) is 56.2 Å². The summed E-state index contributed by atoms with van der Waals surface area (Å²) in [6.45, 7) is 1.48. The number of ether oxygens (including phenoxy) is 1. The molecule has 0 atom stereocenters. The van der Waals surface area contributed by atoms with Crippen molar-refractivity contribution >= 4 is 10.0 Å². The number of nitrogens with zero attached hydrogens (tertiary/aromatic N) is 2. The second-order valence-corrected chi connectivity index (χ2v) is 10.0. The molecule has 2 aromatic carbocycles. The highest BCUT2D eigenvalue weighted by atomic mass is 32.2. The number of rotatable bonds is 10. The van der Waals surface area contributed by atoms with Gasteiger partial charge < -0.3 is 4.74 Å². The monoisotopic (exact) mass is 492 g/mol. The molecule has 2 aromatic rings. The van der Waals surface area contributed by atoms with Crippen LogP contribution in [0.1, 0.15) is 23.1 Å². The van der Waals surface area contributed by atoms with Gasteiger partial charge in [0.2, 0.25) is 10.0 Å². The zero-order valence-corrected chi connectivity index (χ0v) is 18.8. The summed E-state index contributed by atoms with van der Waals surface area (Å²) in [4.78, 5) is 1.76. The summed E-state index contributed by atoms with van der Waals surface area (Å²) >= 11 is 0. The van der Waals surface area contributed by atoms with E-state index in [1.54, 1.807) is 17.0 Å². The molecule has 0 saturated carbocycles. The summed E-state index contributed by atoms with van der Waals surface area (Å²) in [6.07, 6.45) is -3.37. The Morgan fingerprint density at radius 2 is 1.73 bits per heavy atom. The van der Waals surface area contributed by atoms with Crippen molar-refractivity contribution in [2.24, 2.45) is 0 Å². The predicted octanol–water partition coefficient (Wildman–Crippen LogP) is 4.04. The van der Waals surface area contributed by atoms with Crippen molar-refractivity contribution in [2.75, 3.05) is 32.5 Å². The third-order valence-electron chi connectivity index (χ3n) is 5.35. The number of sulfonamides is 1. The molecular weight excluding hydrogens is 467 g/mol. The molecule has 33 heavy (non-hydrogen) atoms. The summed E-state index contributed by atoms with van der Waals surface area (Å²) in [7, 11) is -3.23. The van der Waals surface area contributed by atoms with E-state index in [1.165, 1.54) is 28.6 Å². The molecule has 1 aliphatic rings. The van der Waals surface area contributed by atoms with Crippen LogP contribution in [-0.2, 0) is 34.0 Å². The first-order chi connectivity index (χ1) is 15.4. The standard InChI is InChI=1S/C22H25F5N2O3S/c1-33(30,31)29-14-19(15-29)32-11-3-10-28(12-16-6-8-18(23)9-7-16)13-17-4-2-5-20(21(17)24)22(25,26)27/h2,4-9,19H,3,10-15H2,1H3. The minimum Gasteiger partial charge on any atom is -0.375 e. The van der Waals surface area contributed by atoms with Crippen molar-refractivity contribution in [2.45, 2.75) is 31.8 Å². The number of benzene rings is 2. The molecule has 1 fully saturated rings. The van der Waals surface area contributed by atoms with Crippen molar-refractivity contribution in [3.05, 3.63) is 70.8 Å². The van der Waals surface area contributed by atoms with Gasteiger partial charge in [-0.2, -0.15) is 17.5 Å². The van der Waals surface area contributed by atoms with Crippen LogP contribution < -0.4 is 0 Å². The molecule has 0 amide bonds. The molecule has 1 heterocycles. The maximum Gasteiger partial charge on any atom is 0.419 e. The molecule has 0 aliphatic carbocycles. The Morgan fingerprint density at radius 1 is 1.06 bits per heavy atom. The predicted molar refractivity (Wildman–Crippen MR) is 113 cm³/mol. The summed E-state index contributed by atoms with van der Waals surface area (Å²) in [6, 6.07) is 8.88. The Balaban J connectivity index is 1.62. The lowest BCUT2D eigenvalue weighted by Gasteiger charge is -2.36. The highest BCUT2D eigenvalue weighted by Gasteiger charge is 2.35. The molecule has 0 bridgehead atoms. The van der Waals surface area contributed by atoms with Crippen LogP contribution in [0.25, 0.3) is 0 Å². The zero-order valence-electron chi connectivity index (χ0n) is 18.0. The van der Waals surface area contributed by atoms with Crippen molar-refractivity contribution in [1.82, 2.24) is 9.21 Å². The first-order valence-corrected chi connectivity index (χ1v) is 12.2. The van der Waals surface area contributed by atoms with Gasteiger partial charge in [-0.15, -0.1) is 0 Å². The van der Waals surface area contributed by atoms with Crippen LogP contribution in [0.4, 0.5) is 22.0 Å². The molecule has 0 unspecified atom stereocenters. The van der Waals surface area contributed by atoms with E-state index >= 15 is 0 Å². The van der Waals surface area contributed by atoms with Gasteiger partial charge in [-0.25, -0.2) is 17.2 Å². The lowest BCUT2D eigenvalue weighted by molar-refractivity contribution is -0.140. The molecule has 182 valence electrons. The van der Waals surface area contributed by atoms with Crippen LogP contribution >= 0.6 is 0 Å². The second kappa shape index (κ2) is 10.5. The Bertz CT molecular complexity index is 1040. The van der Waals surface area contributed by atoms with E-state index < -0.39 is 33.4 Å². The van der Waals surface area contributed by atoms with Crippen molar-refractivity contribution in [3.8, 4) is 0 Å². The summed E-state index contributed by atoms with van der Waals surface area (Å²) in [5.41, 5.74) is -0.673. The Kier molecular flexibility index (Phi) is 8.09. The van der Waals surface area contributed by atoms with Gasteiger partial charge in [0.15, 0.2) is 0 Å². The number of alkyl halides is 3. The fourth-order valence-electron chi connectivity index (χ4n) is 3.54. The van der Waals surface area contributed by atoms with Gasteiger partial charge in [0.05, 0.1) is 17.9 Å². The fraction of sp³-hybridized carbons (Fsp3) is 0.455. The van der Waals surface area contributed by atoms with Gasteiger partial charge >= 0.3 is 6.18 Å². The van der Waals surface area contributed by atoms with Crippen LogP contribution in [0.2, 0.25) is 0 Å². The second-order valence-electron chi connectivity index (χ2n) is 8.04. The normalized spacial score (nSPS) is 15.7. The van der Waals surface area contributed by atoms with Gasteiger partial charge in [0, 0.05) is 44.9 Å². The van der Waals surface area contributed by atoms with E-state index in [4.69, 9.17) is 4.74 Å². The molecule has 3 rings (SSSR count). The van der Waals surface area contributed by atoms with Gasteiger partial charge in [0.25, 0.3) is 0 Å². The highest BCUT2D eigenvalue weighted by Crippen LogP contribution is 2.32. The molecule has 5 nitrogen and oxygen atoms in total. The minimum atomic E-state index is -4.79. The maximum absolute atomic E-state index is 14.5. The van der Waals surface area contributed by atoms with E-state index in [2.05, 4.69) is 0 Å². The third kappa shape index (κ3) is 7.20. The fourth-order valence-corrected chi connectivity index (χ4v) is 4.41. The van der Waals surface area contributed by atoms with Crippen LogP contribution in [0.3, 0.4) is 0 Å². The van der Waals surface area contributed by atoms with Gasteiger partial charge in [-0.1, -0.05) is 24.3 Å².